The summed E-state index contributed by atoms with van der Waals surface area (Å²) < 4.78 is 26.1. The van der Waals surface area contributed by atoms with Crippen molar-refractivity contribution in [2.75, 3.05) is 4.90 Å². The van der Waals surface area contributed by atoms with Gasteiger partial charge < -0.3 is 4.90 Å². The van der Waals surface area contributed by atoms with E-state index in [1.165, 1.54) is 48.2 Å². The number of imide groups is 1. The van der Waals surface area contributed by atoms with Crippen LogP contribution in [0.4, 0.5) is 14.5 Å². The second-order valence-electron chi connectivity index (χ2n) is 6.04. The SMILES string of the molecule is CC(=O)N(Cc1ccc(F)cc1)C1CC(=O)N(c2ccc(F)cc2)C1=O. The van der Waals surface area contributed by atoms with Gasteiger partial charge in [-0.1, -0.05) is 12.1 Å². The van der Waals surface area contributed by atoms with E-state index in [0.29, 0.717) is 5.56 Å². The summed E-state index contributed by atoms with van der Waals surface area (Å²) in [6.07, 6.45) is -0.156. The maximum absolute atomic E-state index is 13.1. The molecule has 26 heavy (non-hydrogen) atoms. The summed E-state index contributed by atoms with van der Waals surface area (Å²) in [7, 11) is 0. The monoisotopic (exact) mass is 358 g/mol. The lowest BCUT2D eigenvalue weighted by Crippen LogP contribution is -2.44. The van der Waals surface area contributed by atoms with Gasteiger partial charge in [-0.2, -0.15) is 0 Å². The van der Waals surface area contributed by atoms with Crippen molar-refractivity contribution in [1.29, 1.82) is 0 Å². The van der Waals surface area contributed by atoms with Crippen molar-refractivity contribution in [3.63, 3.8) is 0 Å². The summed E-state index contributed by atoms with van der Waals surface area (Å²) >= 11 is 0. The predicted molar refractivity (Wildman–Crippen MR) is 89.9 cm³/mol. The molecule has 2 aromatic rings. The molecular formula is C19H16F2N2O3. The molecule has 2 aromatic carbocycles. The predicted octanol–water partition coefficient (Wildman–Crippen LogP) is 2.65. The van der Waals surface area contributed by atoms with Crippen LogP contribution < -0.4 is 4.90 Å². The molecule has 0 N–H and O–H groups in total. The zero-order chi connectivity index (χ0) is 18.8. The third-order valence-corrected chi connectivity index (χ3v) is 4.25. The van der Waals surface area contributed by atoms with Crippen LogP contribution in [-0.4, -0.2) is 28.7 Å². The fraction of sp³-hybridized carbons (Fsp3) is 0.211. The highest BCUT2D eigenvalue weighted by Crippen LogP contribution is 2.27. The van der Waals surface area contributed by atoms with Crippen molar-refractivity contribution in [3.05, 3.63) is 65.7 Å². The Kier molecular flexibility index (Phi) is 4.79. The summed E-state index contributed by atoms with van der Waals surface area (Å²) in [6, 6.07) is 9.61. The van der Waals surface area contributed by atoms with E-state index in [4.69, 9.17) is 0 Å². The van der Waals surface area contributed by atoms with Crippen LogP contribution >= 0.6 is 0 Å². The first kappa shape index (κ1) is 17.7. The fourth-order valence-corrected chi connectivity index (χ4v) is 2.95. The molecule has 3 rings (SSSR count). The fourth-order valence-electron chi connectivity index (χ4n) is 2.95. The van der Waals surface area contributed by atoms with E-state index in [0.717, 1.165) is 17.0 Å². The van der Waals surface area contributed by atoms with E-state index < -0.39 is 29.5 Å². The molecule has 1 heterocycles. The van der Waals surface area contributed by atoms with Crippen LogP contribution in [0.5, 0.6) is 0 Å². The summed E-state index contributed by atoms with van der Waals surface area (Å²) in [5.41, 5.74) is 0.899. The van der Waals surface area contributed by atoms with Crippen LogP contribution in [0.3, 0.4) is 0 Å². The number of benzene rings is 2. The van der Waals surface area contributed by atoms with Crippen molar-refractivity contribution in [2.45, 2.75) is 25.9 Å². The lowest BCUT2D eigenvalue weighted by atomic mass is 10.1. The molecule has 0 aromatic heterocycles. The first-order valence-electron chi connectivity index (χ1n) is 8.01. The molecule has 5 nitrogen and oxygen atoms in total. The molecule has 1 unspecified atom stereocenters. The number of halogens is 2. The van der Waals surface area contributed by atoms with Gasteiger partial charge in [0, 0.05) is 13.5 Å². The number of hydrogen-bond acceptors (Lipinski definition) is 3. The molecular weight excluding hydrogens is 342 g/mol. The van der Waals surface area contributed by atoms with Crippen LogP contribution in [0, 0.1) is 11.6 Å². The molecule has 1 aliphatic rings. The summed E-state index contributed by atoms with van der Waals surface area (Å²) in [6.45, 7) is 1.39. The van der Waals surface area contributed by atoms with Gasteiger partial charge in [0.05, 0.1) is 12.1 Å². The number of rotatable bonds is 4. The highest BCUT2D eigenvalue weighted by atomic mass is 19.1. The van der Waals surface area contributed by atoms with E-state index in [1.807, 2.05) is 0 Å². The lowest BCUT2D eigenvalue weighted by molar-refractivity contribution is -0.137. The number of anilines is 1. The van der Waals surface area contributed by atoms with Crippen LogP contribution in [0.25, 0.3) is 0 Å². The second-order valence-corrected chi connectivity index (χ2v) is 6.04. The van der Waals surface area contributed by atoms with E-state index in [1.54, 1.807) is 0 Å². The van der Waals surface area contributed by atoms with E-state index in [-0.39, 0.29) is 24.6 Å². The lowest BCUT2D eigenvalue weighted by Gasteiger charge is -2.26. The van der Waals surface area contributed by atoms with Gasteiger partial charge in [0.1, 0.15) is 17.7 Å². The summed E-state index contributed by atoms with van der Waals surface area (Å²) in [5.74, 6) is -2.26. The normalized spacial score (nSPS) is 16.9. The molecule has 1 saturated heterocycles. The Balaban J connectivity index is 1.85. The van der Waals surface area contributed by atoms with Gasteiger partial charge in [-0.15, -0.1) is 0 Å². The Bertz CT molecular complexity index is 850. The first-order chi connectivity index (χ1) is 12.4. The van der Waals surface area contributed by atoms with Gasteiger partial charge in [-0.05, 0) is 42.0 Å². The summed E-state index contributed by atoms with van der Waals surface area (Å²) in [4.78, 5) is 39.4. The van der Waals surface area contributed by atoms with E-state index in [2.05, 4.69) is 0 Å². The molecule has 0 radical (unpaired) electrons. The molecule has 3 amide bonds. The number of carbonyl (C=O) groups excluding carboxylic acids is 3. The van der Waals surface area contributed by atoms with Gasteiger partial charge in [0.2, 0.25) is 11.8 Å². The highest BCUT2D eigenvalue weighted by molar-refractivity contribution is 6.22. The molecule has 134 valence electrons. The van der Waals surface area contributed by atoms with Crippen LogP contribution in [0.1, 0.15) is 18.9 Å². The molecule has 0 bridgehead atoms. The maximum Gasteiger partial charge on any atom is 0.257 e. The van der Waals surface area contributed by atoms with Gasteiger partial charge >= 0.3 is 0 Å². The van der Waals surface area contributed by atoms with Crippen LogP contribution in [0.15, 0.2) is 48.5 Å². The van der Waals surface area contributed by atoms with E-state index in [9.17, 15) is 23.2 Å². The Morgan fingerprint density at radius 3 is 2.12 bits per heavy atom. The van der Waals surface area contributed by atoms with Gasteiger partial charge in [-0.25, -0.2) is 13.7 Å². The number of carbonyl (C=O) groups is 3. The van der Waals surface area contributed by atoms with Gasteiger partial charge in [0.25, 0.3) is 5.91 Å². The Labute approximate surface area is 148 Å². The Morgan fingerprint density at radius 2 is 1.58 bits per heavy atom. The topological polar surface area (TPSA) is 57.7 Å². The molecule has 7 heteroatoms. The highest BCUT2D eigenvalue weighted by Gasteiger charge is 2.43. The zero-order valence-electron chi connectivity index (χ0n) is 14.0. The smallest absolute Gasteiger partial charge is 0.257 e. The molecule has 1 aliphatic heterocycles. The quantitative estimate of drug-likeness (QED) is 0.790. The largest absolute Gasteiger partial charge is 0.326 e. The van der Waals surface area contributed by atoms with Gasteiger partial charge in [-0.3, -0.25) is 14.4 Å². The zero-order valence-corrected chi connectivity index (χ0v) is 14.0. The number of amides is 3. The average molecular weight is 358 g/mol. The van der Waals surface area contributed by atoms with Crippen molar-refractivity contribution in [3.8, 4) is 0 Å². The van der Waals surface area contributed by atoms with Crippen molar-refractivity contribution < 1.29 is 23.2 Å². The minimum Gasteiger partial charge on any atom is -0.326 e. The van der Waals surface area contributed by atoms with E-state index >= 15 is 0 Å². The third kappa shape index (κ3) is 3.46. The second kappa shape index (κ2) is 7.03. The average Bonchev–Trinajstić information content (AvgIpc) is 2.89. The third-order valence-electron chi connectivity index (χ3n) is 4.25. The van der Waals surface area contributed by atoms with Crippen molar-refractivity contribution in [2.24, 2.45) is 0 Å². The van der Waals surface area contributed by atoms with Crippen molar-refractivity contribution >= 4 is 23.4 Å². The number of nitrogens with zero attached hydrogens (tertiary/aromatic N) is 2. The first-order valence-corrected chi connectivity index (χ1v) is 8.01. The summed E-state index contributed by atoms with van der Waals surface area (Å²) in [5, 5.41) is 0. The number of hydrogen-bond donors (Lipinski definition) is 0. The van der Waals surface area contributed by atoms with Gasteiger partial charge in [0.15, 0.2) is 0 Å². The standard InChI is InChI=1S/C19H16F2N2O3/c1-12(24)22(11-13-2-4-14(20)5-3-13)17-10-18(25)23(19(17)26)16-8-6-15(21)7-9-16/h2-9,17H,10-11H2,1H3. The maximum atomic E-state index is 13.1. The molecule has 1 fully saturated rings. The van der Waals surface area contributed by atoms with Crippen LogP contribution in [0.2, 0.25) is 0 Å². The Hall–Kier alpha value is -3.09. The molecule has 0 spiro atoms. The molecule has 1 atom stereocenters. The minimum atomic E-state index is -0.949. The van der Waals surface area contributed by atoms with Crippen LogP contribution in [-0.2, 0) is 20.9 Å². The minimum absolute atomic E-state index is 0.0799. The van der Waals surface area contributed by atoms with Crippen molar-refractivity contribution in [1.82, 2.24) is 4.90 Å². The molecule has 0 aliphatic carbocycles. The Morgan fingerprint density at radius 1 is 1.04 bits per heavy atom. The molecule has 0 saturated carbocycles.